The van der Waals surface area contributed by atoms with E-state index in [-0.39, 0.29) is 5.56 Å². The Morgan fingerprint density at radius 3 is 2.74 bits per heavy atom. The maximum atomic E-state index is 11.0. The van der Waals surface area contributed by atoms with Crippen molar-refractivity contribution in [2.75, 3.05) is 37.8 Å². The molecular weight excluding hydrogens is 294 g/mol. The fourth-order valence-electron chi connectivity index (χ4n) is 1.98. The Balaban J connectivity index is 2.12. The van der Waals surface area contributed by atoms with E-state index in [1.807, 2.05) is 27.1 Å². The number of anilines is 3. The number of likely N-dealkylation sites (N-methyl/N-ethyl adjacent to an activating group) is 1. The zero-order chi connectivity index (χ0) is 16.8. The van der Waals surface area contributed by atoms with Gasteiger partial charge in [-0.1, -0.05) is 6.07 Å². The quantitative estimate of drug-likeness (QED) is 0.721. The van der Waals surface area contributed by atoms with Crippen LogP contribution in [-0.2, 0) is 0 Å². The molecule has 0 bridgehead atoms. The Kier molecular flexibility index (Phi) is 5.48. The molecule has 0 fully saturated rings. The number of carboxylic acids is 1. The Morgan fingerprint density at radius 1 is 1.26 bits per heavy atom. The van der Waals surface area contributed by atoms with E-state index in [9.17, 15) is 4.79 Å². The van der Waals surface area contributed by atoms with Crippen molar-refractivity contribution in [3.8, 4) is 0 Å². The van der Waals surface area contributed by atoms with Gasteiger partial charge in [0.05, 0.1) is 5.56 Å². The summed E-state index contributed by atoms with van der Waals surface area (Å²) in [6, 6.07) is 8.41. The smallest absolute Gasteiger partial charge is 0.335 e. The molecule has 0 aliphatic heterocycles. The molecule has 0 unspecified atom stereocenters. The zero-order valence-electron chi connectivity index (χ0n) is 13.5. The van der Waals surface area contributed by atoms with E-state index in [0.717, 1.165) is 18.8 Å². The lowest BCUT2D eigenvalue weighted by Crippen LogP contribution is -2.21. The summed E-state index contributed by atoms with van der Waals surface area (Å²) in [5.41, 5.74) is 1.72. The van der Waals surface area contributed by atoms with Gasteiger partial charge in [0, 0.05) is 30.5 Å². The van der Waals surface area contributed by atoms with Gasteiger partial charge in [-0.05, 0) is 39.2 Å². The third kappa shape index (κ3) is 5.23. The van der Waals surface area contributed by atoms with Crippen LogP contribution in [0.4, 0.5) is 17.5 Å². The number of nitrogens with zero attached hydrogens (tertiary/aromatic N) is 3. The second kappa shape index (κ2) is 7.55. The first-order valence-corrected chi connectivity index (χ1v) is 7.29. The van der Waals surface area contributed by atoms with Gasteiger partial charge in [-0.25, -0.2) is 9.78 Å². The van der Waals surface area contributed by atoms with Gasteiger partial charge in [0.1, 0.15) is 5.82 Å². The molecule has 122 valence electrons. The minimum atomic E-state index is -0.960. The van der Waals surface area contributed by atoms with Crippen molar-refractivity contribution in [3.05, 3.63) is 41.6 Å². The van der Waals surface area contributed by atoms with Crippen molar-refractivity contribution < 1.29 is 9.90 Å². The number of carboxylic acid groups (broad SMARTS) is 1. The van der Waals surface area contributed by atoms with Gasteiger partial charge in [-0.15, -0.1) is 0 Å². The first-order chi connectivity index (χ1) is 10.9. The molecule has 0 spiro atoms. The van der Waals surface area contributed by atoms with Crippen LogP contribution in [0.5, 0.6) is 0 Å². The number of nitrogens with one attached hydrogen (secondary N) is 2. The highest BCUT2D eigenvalue weighted by Crippen LogP contribution is 2.18. The Morgan fingerprint density at radius 2 is 2.04 bits per heavy atom. The van der Waals surface area contributed by atoms with Crippen molar-refractivity contribution in [2.45, 2.75) is 6.92 Å². The van der Waals surface area contributed by atoms with E-state index in [1.54, 1.807) is 24.3 Å². The molecule has 7 nitrogen and oxygen atoms in total. The summed E-state index contributed by atoms with van der Waals surface area (Å²) in [4.78, 5) is 21.8. The van der Waals surface area contributed by atoms with Crippen molar-refractivity contribution in [1.82, 2.24) is 14.9 Å². The van der Waals surface area contributed by atoms with Gasteiger partial charge in [0.25, 0.3) is 0 Å². The third-order valence-electron chi connectivity index (χ3n) is 3.08. The molecule has 7 heteroatoms. The van der Waals surface area contributed by atoms with E-state index in [1.165, 1.54) is 0 Å². The second-order valence-corrected chi connectivity index (χ2v) is 5.46. The molecule has 0 saturated heterocycles. The zero-order valence-corrected chi connectivity index (χ0v) is 13.5. The van der Waals surface area contributed by atoms with E-state index in [2.05, 4.69) is 25.5 Å². The van der Waals surface area contributed by atoms with Crippen molar-refractivity contribution in [2.24, 2.45) is 0 Å². The number of hydrogen-bond acceptors (Lipinski definition) is 6. The number of hydrogen-bond donors (Lipinski definition) is 3. The first kappa shape index (κ1) is 16.7. The Labute approximate surface area is 135 Å². The molecule has 2 aromatic rings. The number of aryl methyl sites for hydroxylation is 1. The lowest BCUT2D eigenvalue weighted by atomic mass is 10.2. The fraction of sp³-hybridized carbons (Fsp3) is 0.312. The molecule has 1 aromatic carbocycles. The molecule has 2 rings (SSSR count). The van der Waals surface area contributed by atoms with E-state index < -0.39 is 5.97 Å². The van der Waals surface area contributed by atoms with Crippen LogP contribution in [0, 0.1) is 6.92 Å². The van der Waals surface area contributed by atoms with Crippen LogP contribution >= 0.6 is 0 Å². The number of aromatic carboxylic acids is 1. The summed E-state index contributed by atoms with van der Waals surface area (Å²) in [5.74, 6) is 0.203. The van der Waals surface area contributed by atoms with Crippen molar-refractivity contribution >= 4 is 23.4 Å². The van der Waals surface area contributed by atoms with Gasteiger partial charge in [0.2, 0.25) is 5.95 Å². The molecule has 0 atom stereocenters. The highest BCUT2D eigenvalue weighted by atomic mass is 16.4. The Bertz CT molecular complexity index is 688. The predicted octanol–water partition coefficient (Wildman–Crippen LogP) is 2.20. The minimum absolute atomic E-state index is 0.227. The monoisotopic (exact) mass is 315 g/mol. The number of benzene rings is 1. The average Bonchev–Trinajstić information content (AvgIpc) is 2.46. The first-order valence-electron chi connectivity index (χ1n) is 7.29. The van der Waals surface area contributed by atoms with Crippen LogP contribution in [-0.4, -0.2) is 53.1 Å². The molecular formula is C16H21N5O2. The molecule has 3 N–H and O–H groups in total. The highest BCUT2D eigenvalue weighted by Gasteiger charge is 2.06. The predicted molar refractivity (Wildman–Crippen MR) is 90.5 cm³/mol. The van der Waals surface area contributed by atoms with E-state index in [4.69, 9.17) is 5.11 Å². The average molecular weight is 315 g/mol. The number of rotatable bonds is 7. The largest absolute Gasteiger partial charge is 0.478 e. The lowest BCUT2D eigenvalue weighted by molar-refractivity contribution is 0.0697. The van der Waals surface area contributed by atoms with E-state index in [0.29, 0.717) is 17.5 Å². The van der Waals surface area contributed by atoms with E-state index >= 15 is 0 Å². The highest BCUT2D eigenvalue weighted by molar-refractivity contribution is 5.89. The Hall–Kier alpha value is -2.67. The molecule has 0 saturated carbocycles. The van der Waals surface area contributed by atoms with Gasteiger partial charge in [-0.3, -0.25) is 0 Å². The van der Waals surface area contributed by atoms with Crippen LogP contribution < -0.4 is 10.6 Å². The summed E-state index contributed by atoms with van der Waals surface area (Å²) in [6.45, 7) is 3.50. The van der Waals surface area contributed by atoms with Gasteiger partial charge in [-0.2, -0.15) is 4.98 Å². The third-order valence-corrected chi connectivity index (χ3v) is 3.08. The van der Waals surface area contributed by atoms with Crippen molar-refractivity contribution in [1.29, 1.82) is 0 Å². The SMILES string of the molecule is Cc1cc(Nc2cccc(C(=O)O)c2)nc(NCCN(C)C)n1. The summed E-state index contributed by atoms with van der Waals surface area (Å²) in [6.07, 6.45) is 0. The number of aromatic nitrogens is 2. The summed E-state index contributed by atoms with van der Waals surface area (Å²) >= 11 is 0. The van der Waals surface area contributed by atoms with Crippen LogP contribution in [0.25, 0.3) is 0 Å². The van der Waals surface area contributed by atoms with Gasteiger partial charge < -0.3 is 20.6 Å². The fourth-order valence-corrected chi connectivity index (χ4v) is 1.98. The molecule has 1 heterocycles. The minimum Gasteiger partial charge on any atom is -0.478 e. The second-order valence-electron chi connectivity index (χ2n) is 5.46. The standard InChI is InChI=1S/C16H21N5O2/c1-11-9-14(20-16(18-11)17-7-8-21(2)3)19-13-6-4-5-12(10-13)15(22)23/h4-6,9-10H,7-8H2,1-3H3,(H,22,23)(H2,17,18,19,20). The topological polar surface area (TPSA) is 90.4 Å². The summed E-state index contributed by atoms with van der Waals surface area (Å²) < 4.78 is 0. The van der Waals surface area contributed by atoms with Gasteiger partial charge >= 0.3 is 5.97 Å². The molecule has 0 aliphatic carbocycles. The van der Waals surface area contributed by atoms with Crippen LogP contribution in [0.15, 0.2) is 30.3 Å². The van der Waals surface area contributed by atoms with Gasteiger partial charge in [0.15, 0.2) is 0 Å². The van der Waals surface area contributed by atoms with Crippen molar-refractivity contribution in [3.63, 3.8) is 0 Å². The maximum Gasteiger partial charge on any atom is 0.335 e. The molecule has 0 amide bonds. The maximum absolute atomic E-state index is 11.0. The lowest BCUT2D eigenvalue weighted by Gasteiger charge is -2.12. The molecule has 23 heavy (non-hydrogen) atoms. The van der Waals surface area contributed by atoms with Crippen LogP contribution in [0.2, 0.25) is 0 Å². The molecule has 1 aromatic heterocycles. The summed E-state index contributed by atoms with van der Waals surface area (Å²) in [5, 5.41) is 15.3. The molecule has 0 radical (unpaired) electrons. The molecule has 0 aliphatic rings. The summed E-state index contributed by atoms with van der Waals surface area (Å²) in [7, 11) is 4.00. The van der Waals surface area contributed by atoms with Crippen LogP contribution in [0.1, 0.15) is 16.1 Å². The number of carbonyl (C=O) groups is 1. The van der Waals surface area contributed by atoms with Crippen LogP contribution in [0.3, 0.4) is 0 Å². The normalized spacial score (nSPS) is 10.6.